The van der Waals surface area contributed by atoms with Gasteiger partial charge in [0, 0.05) is 10.9 Å². The van der Waals surface area contributed by atoms with Crippen molar-refractivity contribution in [2.24, 2.45) is 0 Å². The maximum absolute atomic E-state index is 12.4. The molecule has 4 rings (SSSR count). The van der Waals surface area contributed by atoms with Crippen molar-refractivity contribution >= 4 is 39.1 Å². The van der Waals surface area contributed by atoms with Crippen LogP contribution in [0.15, 0.2) is 72.1 Å². The summed E-state index contributed by atoms with van der Waals surface area (Å²) in [6, 6.07) is 21.1. The van der Waals surface area contributed by atoms with Gasteiger partial charge in [-0.1, -0.05) is 54.6 Å². The molecule has 0 bridgehead atoms. The minimum absolute atomic E-state index is 0.109. The van der Waals surface area contributed by atoms with Crippen molar-refractivity contribution in [3.63, 3.8) is 0 Å². The molecule has 0 aliphatic heterocycles. The first kappa shape index (κ1) is 18.8. The van der Waals surface area contributed by atoms with Gasteiger partial charge in [-0.05, 0) is 28.5 Å². The van der Waals surface area contributed by atoms with Crippen molar-refractivity contribution in [3.05, 3.63) is 83.2 Å². The number of nitrogens with one attached hydrogen (secondary N) is 1. The molecule has 5 nitrogen and oxygen atoms in total. The molecule has 4 aromatic rings. The molecule has 1 aromatic heterocycles. The number of esters is 1. The number of benzene rings is 3. The molecule has 0 spiro atoms. The number of anilines is 1. The number of fused-ring (bicyclic) bond motifs is 1. The van der Waals surface area contributed by atoms with E-state index in [0.717, 1.165) is 27.6 Å². The summed E-state index contributed by atoms with van der Waals surface area (Å²) < 4.78 is 4.70. The number of nitrogens with zero attached hydrogens (tertiary/aromatic N) is 1. The first-order valence-corrected chi connectivity index (χ1v) is 9.92. The van der Waals surface area contributed by atoms with Crippen molar-refractivity contribution in [2.75, 3.05) is 12.4 Å². The van der Waals surface area contributed by atoms with Crippen molar-refractivity contribution in [2.45, 2.75) is 6.42 Å². The SMILES string of the molecule is COC(=O)c1ccc(-c2csc(NC(=O)Cc3ccc4ccccc4c3)n2)cc1. The van der Waals surface area contributed by atoms with Gasteiger partial charge in [-0.15, -0.1) is 11.3 Å². The summed E-state index contributed by atoms with van der Waals surface area (Å²) in [7, 11) is 1.35. The van der Waals surface area contributed by atoms with E-state index in [1.54, 1.807) is 12.1 Å². The van der Waals surface area contributed by atoms with E-state index < -0.39 is 0 Å². The summed E-state index contributed by atoms with van der Waals surface area (Å²) in [4.78, 5) is 28.4. The van der Waals surface area contributed by atoms with Crippen molar-refractivity contribution in [1.82, 2.24) is 4.98 Å². The Balaban J connectivity index is 1.42. The summed E-state index contributed by atoms with van der Waals surface area (Å²) in [6.07, 6.45) is 0.285. The smallest absolute Gasteiger partial charge is 0.337 e. The molecule has 6 heteroatoms. The van der Waals surface area contributed by atoms with E-state index >= 15 is 0 Å². The topological polar surface area (TPSA) is 68.3 Å². The maximum Gasteiger partial charge on any atom is 0.337 e. The molecule has 3 aromatic carbocycles. The normalized spacial score (nSPS) is 10.7. The predicted molar refractivity (Wildman–Crippen MR) is 115 cm³/mol. The Labute approximate surface area is 172 Å². The Kier molecular flexibility index (Phi) is 5.35. The van der Waals surface area contributed by atoms with E-state index in [4.69, 9.17) is 4.74 Å². The lowest BCUT2D eigenvalue weighted by Gasteiger charge is -2.04. The lowest BCUT2D eigenvalue weighted by molar-refractivity contribution is -0.115. The van der Waals surface area contributed by atoms with E-state index in [-0.39, 0.29) is 18.3 Å². The average Bonchev–Trinajstić information content (AvgIpc) is 3.21. The van der Waals surface area contributed by atoms with E-state index in [9.17, 15) is 9.59 Å². The van der Waals surface area contributed by atoms with Crippen LogP contribution in [0.1, 0.15) is 15.9 Å². The minimum Gasteiger partial charge on any atom is -0.465 e. The number of rotatable bonds is 5. The molecule has 1 N–H and O–H groups in total. The van der Waals surface area contributed by atoms with E-state index in [0.29, 0.717) is 10.7 Å². The third-order valence-electron chi connectivity index (χ3n) is 4.53. The predicted octanol–water partition coefficient (Wildman–Crippen LogP) is 4.93. The van der Waals surface area contributed by atoms with Gasteiger partial charge in [-0.25, -0.2) is 9.78 Å². The number of aromatic nitrogens is 1. The minimum atomic E-state index is -0.378. The number of hydrogen-bond donors (Lipinski definition) is 1. The van der Waals surface area contributed by atoms with Gasteiger partial charge in [0.05, 0.1) is 24.8 Å². The largest absolute Gasteiger partial charge is 0.465 e. The van der Waals surface area contributed by atoms with Crippen LogP contribution in [0, 0.1) is 0 Å². The summed E-state index contributed by atoms with van der Waals surface area (Å²) in [6.45, 7) is 0. The molecule has 0 saturated heterocycles. The fourth-order valence-electron chi connectivity index (χ4n) is 3.06. The van der Waals surface area contributed by atoms with Gasteiger partial charge in [0.2, 0.25) is 5.91 Å². The molecule has 0 fully saturated rings. The molecule has 1 amide bonds. The summed E-state index contributed by atoms with van der Waals surface area (Å²) in [5, 5.41) is 7.55. The quantitative estimate of drug-likeness (QED) is 0.481. The zero-order valence-corrected chi connectivity index (χ0v) is 16.5. The van der Waals surface area contributed by atoms with E-state index in [1.807, 2.05) is 60.0 Å². The van der Waals surface area contributed by atoms with Gasteiger partial charge in [0.15, 0.2) is 5.13 Å². The highest BCUT2D eigenvalue weighted by atomic mass is 32.1. The third-order valence-corrected chi connectivity index (χ3v) is 5.29. The molecule has 144 valence electrons. The molecule has 0 atom stereocenters. The Morgan fingerprint density at radius 1 is 1.00 bits per heavy atom. The maximum atomic E-state index is 12.4. The van der Waals surface area contributed by atoms with E-state index in [1.165, 1.54) is 18.4 Å². The highest BCUT2D eigenvalue weighted by Gasteiger charge is 2.11. The number of methoxy groups -OCH3 is 1. The second-order valence-electron chi connectivity index (χ2n) is 6.51. The van der Waals surface area contributed by atoms with Gasteiger partial charge in [0.25, 0.3) is 0 Å². The molecule has 1 heterocycles. The number of thiazole rings is 1. The summed E-state index contributed by atoms with van der Waals surface area (Å²) in [5.41, 5.74) is 3.04. The van der Waals surface area contributed by atoms with Gasteiger partial charge >= 0.3 is 5.97 Å². The molecule has 0 unspecified atom stereocenters. The summed E-state index contributed by atoms with van der Waals surface area (Å²) in [5.74, 6) is -0.487. The van der Waals surface area contributed by atoms with Gasteiger partial charge < -0.3 is 10.1 Å². The lowest BCUT2D eigenvalue weighted by atomic mass is 10.1. The Morgan fingerprint density at radius 3 is 2.52 bits per heavy atom. The highest BCUT2D eigenvalue weighted by molar-refractivity contribution is 7.14. The zero-order valence-electron chi connectivity index (χ0n) is 15.7. The third kappa shape index (κ3) is 4.33. The number of hydrogen-bond acceptors (Lipinski definition) is 5. The Morgan fingerprint density at radius 2 is 1.76 bits per heavy atom. The van der Waals surface area contributed by atoms with Crippen molar-refractivity contribution in [1.29, 1.82) is 0 Å². The van der Waals surface area contributed by atoms with Crippen LogP contribution in [-0.4, -0.2) is 24.0 Å². The molecular formula is C23H18N2O3S. The summed E-state index contributed by atoms with van der Waals surface area (Å²) >= 11 is 1.37. The number of ether oxygens (including phenoxy) is 1. The van der Waals surface area contributed by atoms with Crippen LogP contribution in [-0.2, 0) is 16.0 Å². The fourth-order valence-corrected chi connectivity index (χ4v) is 3.79. The Hall–Kier alpha value is -3.51. The van der Waals surface area contributed by atoms with Crippen LogP contribution >= 0.6 is 11.3 Å². The molecule has 0 aliphatic rings. The van der Waals surface area contributed by atoms with E-state index in [2.05, 4.69) is 10.3 Å². The fraction of sp³-hybridized carbons (Fsp3) is 0.0870. The average molecular weight is 402 g/mol. The molecule has 0 aliphatic carbocycles. The van der Waals surface area contributed by atoms with Crippen molar-refractivity contribution < 1.29 is 14.3 Å². The van der Waals surface area contributed by atoms with Crippen LogP contribution in [0.25, 0.3) is 22.0 Å². The van der Waals surface area contributed by atoms with Crippen LogP contribution in [0.4, 0.5) is 5.13 Å². The van der Waals surface area contributed by atoms with Crippen LogP contribution in [0.3, 0.4) is 0 Å². The first-order chi connectivity index (χ1) is 14.1. The number of carbonyl (C=O) groups excluding carboxylic acids is 2. The molecule has 29 heavy (non-hydrogen) atoms. The molecule has 0 saturated carbocycles. The number of amides is 1. The highest BCUT2D eigenvalue weighted by Crippen LogP contribution is 2.25. The monoisotopic (exact) mass is 402 g/mol. The first-order valence-electron chi connectivity index (χ1n) is 9.04. The lowest BCUT2D eigenvalue weighted by Crippen LogP contribution is -2.14. The second-order valence-corrected chi connectivity index (χ2v) is 7.37. The molecule has 0 radical (unpaired) electrons. The van der Waals surface area contributed by atoms with Crippen LogP contribution in [0.5, 0.6) is 0 Å². The van der Waals surface area contributed by atoms with Crippen LogP contribution < -0.4 is 5.32 Å². The van der Waals surface area contributed by atoms with Gasteiger partial charge in [-0.3, -0.25) is 4.79 Å². The zero-order chi connectivity index (χ0) is 20.2. The number of carbonyl (C=O) groups is 2. The van der Waals surface area contributed by atoms with Crippen molar-refractivity contribution in [3.8, 4) is 11.3 Å². The van der Waals surface area contributed by atoms with Crippen LogP contribution in [0.2, 0.25) is 0 Å². The Bertz CT molecular complexity index is 1180. The van der Waals surface area contributed by atoms with Gasteiger partial charge in [0.1, 0.15) is 0 Å². The molecular weight excluding hydrogens is 384 g/mol. The van der Waals surface area contributed by atoms with Gasteiger partial charge in [-0.2, -0.15) is 0 Å². The standard InChI is InChI=1S/C23H18N2O3S/c1-28-22(27)18-10-8-17(9-11-18)20-14-29-23(24-20)25-21(26)13-15-6-7-16-4-2-3-5-19(16)12-15/h2-12,14H,13H2,1H3,(H,24,25,26). The second kappa shape index (κ2) is 8.24.